The number of hydrogen-bond acceptors (Lipinski definition) is 5. The summed E-state index contributed by atoms with van der Waals surface area (Å²) in [6.07, 6.45) is 6.79. The predicted octanol–water partition coefficient (Wildman–Crippen LogP) is 2.44. The highest BCUT2D eigenvalue weighted by molar-refractivity contribution is 7.89. The molecule has 164 valence electrons. The molecule has 8 nitrogen and oxygen atoms in total. The van der Waals surface area contributed by atoms with Gasteiger partial charge >= 0.3 is 0 Å². The average Bonchev–Trinajstić information content (AvgIpc) is 3.42. The first-order chi connectivity index (χ1) is 14.4. The number of carbonyl (C=O) groups is 1. The van der Waals surface area contributed by atoms with Crippen molar-refractivity contribution in [2.45, 2.75) is 63.6 Å². The van der Waals surface area contributed by atoms with Gasteiger partial charge < -0.3 is 13.9 Å². The quantitative estimate of drug-likeness (QED) is 0.603. The Hall–Kier alpha value is -2.39. The molecule has 0 bridgehead atoms. The molecule has 1 saturated carbocycles. The zero-order valence-electron chi connectivity index (χ0n) is 17.5. The van der Waals surface area contributed by atoms with Crippen LogP contribution in [0.15, 0.2) is 50.8 Å². The van der Waals surface area contributed by atoms with Crippen LogP contribution >= 0.6 is 0 Å². The maximum atomic E-state index is 13.1. The number of nitrogens with zero attached hydrogens (tertiary/aromatic N) is 3. The number of furan rings is 1. The Bertz CT molecular complexity index is 1000. The highest BCUT2D eigenvalue weighted by Crippen LogP contribution is 2.25. The largest absolute Gasteiger partial charge is 0.467 e. The van der Waals surface area contributed by atoms with E-state index in [2.05, 4.69) is 0 Å². The second-order valence-corrected chi connectivity index (χ2v) is 9.40. The van der Waals surface area contributed by atoms with E-state index in [0.29, 0.717) is 25.4 Å². The number of carbonyl (C=O) groups excluding carboxylic acids is 1. The summed E-state index contributed by atoms with van der Waals surface area (Å²) in [6, 6.07) is 6.20. The summed E-state index contributed by atoms with van der Waals surface area (Å²) in [7, 11) is -3.72. The van der Waals surface area contributed by atoms with Crippen molar-refractivity contribution in [2.24, 2.45) is 0 Å². The first kappa shape index (κ1) is 22.3. The van der Waals surface area contributed by atoms with Gasteiger partial charge in [-0.05, 0) is 31.0 Å². The molecule has 1 fully saturated rings. The molecule has 2 heterocycles. The summed E-state index contributed by atoms with van der Waals surface area (Å²) >= 11 is 0. The molecule has 0 aliphatic heterocycles. The van der Waals surface area contributed by atoms with Gasteiger partial charge in [0.1, 0.15) is 12.3 Å². The van der Waals surface area contributed by atoms with Gasteiger partial charge in [-0.15, -0.1) is 0 Å². The maximum Gasteiger partial charge on any atom is 0.251 e. The molecule has 30 heavy (non-hydrogen) atoms. The van der Waals surface area contributed by atoms with Crippen molar-refractivity contribution >= 4 is 15.9 Å². The normalized spacial score (nSPS) is 15.0. The summed E-state index contributed by atoms with van der Waals surface area (Å²) in [5, 5.41) is 0. The van der Waals surface area contributed by atoms with Gasteiger partial charge in [-0.2, -0.15) is 4.31 Å². The van der Waals surface area contributed by atoms with E-state index in [1.807, 2.05) is 6.07 Å². The Morgan fingerprint density at radius 2 is 1.87 bits per heavy atom. The minimum Gasteiger partial charge on any atom is -0.467 e. The molecular formula is C21H29N3O5S. The topological polar surface area (TPSA) is 92.8 Å². The van der Waals surface area contributed by atoms with Crippen LogP contribution in [-0.2, 0) is 27.9 Å². The smallest absolute Gasteiger partial charge is 0.251 e. The van der Waals surface area contributed by atoms with E-state index in [0.717, 1.165) is 25.7 Å². The second-order valence-electron chi connectivity index (χ2n) is 7.46. The number of rotatable bonds is 9. The molecule has 3 rings (SSSR count). The minimum atomic E-state index is -3.72. The lowest BCUT2D eigenvalue weighted by Gasteiger charge is -2.28. The Labute approximate surface area is 177 Å². The van der Waals surface area contributed by atoms with E-state index in [-0.39, 0.29) is 23.4 Å². The zero-order chi connectivity index (χ0) is 21.7. The number of hydrogen-bond donors (Lipinski definition) is 0. The van der Waals surface area contributed by atoms with E-state index in [4.69, 9.17) is 4.42 Å². The summed E-state index contributed by atoms with van der Waals surface area (Å²) < 4.78 is 33.5. The molecule has 0 spiro atoms. The molecule has 1 amide bonds. The van der Waals surface area contributed by atoms with Crippen LogP contribution < -0.4 is 5.56 Å². The lowest BCUT2D eigenvalue weighted by molar-refractivity contribution is -0.135. The van der Waals surface area contributed by atoms with Gasteiger partial charge in [0.2, 0.25) is 15.9 Å². The molecular weight excluding hydrogens is 406 g/mol. The third kappa shape index (κ3) is 4.84. The molecule has 0 N–H and O–H groups in total. The lowest BCUT2D eigenvalue weighted by atomic mass is 10.2. The molecule has 0 radical (unpaired) electrons. The maximum absolute atomic E-state index is 13.1. The molecule has 1 aliphatic rings. The molecule has 9 heteroatoms. The summed E-state index contributed by atoms with van der Waals surface area (Å²) in [5.74, 6) is 0.457. The highest BCUT2D eigenvalue weighted by Gasteiger charge is 2.28. The number of aromatic nitrogens is 1. The van der Waals surface area contributed by atoms with Crippen LogP contribution in [0.2, 0.25) is 0 Å². The van der Waals surface area contributed by atoms with Crippen LogP contribution in [0.3, 0.4) is 0 Å². The Balaban J connectivity index is 1.86. The van der Waals surface area contributed by atoms with Crippen molar-refractivity contribution in [1.82, 2.24) is 13.8 Å². The number of amides is 1. The average molecular weight is 436 g/mol. The van der Waals surface area contributed by atoms with Gasteiger partial charge in [0.05, 0.1) is 17.7 Å². The Kier molecular flexibility index (Phi) is 7.14. The van der Waals surface area contributed by atoms with Gasteiger partial charge in [0.15, 0.2) is 0 Å². The molecule has 2 aromatic heterocycles. The van der Waals surface area contributed by atoms with E-state index in [1.165, 1.54) is 27.2 Å². The van der Waals surface area contributed by atoms with Gasteiger partial charge in [0, 0.05) is 31.4 Å². The third-order valence-corrected chi connectivity index (χ3v) is 7.63. The van der Waals surface area contributed by atoms with Gasteiger partial charge in [0.25, 0.3) is 5.56 Å². The van der Waals surface area contributed by atoms with Crippen molar-refractivity contribution in [1.29, 1.82) is 0 Å². The first-order valence-electron chi connectivity index (χ1n) is 10.4. The van der Waals surface area contributed by atoms with E-state index < -0.39 is 15.6 Å². The fraction of sp³-hybridized carbons (Fsp3) is 0.524. The summed E-state index contributed by atoms with van der Waals surface area (Å²) in [5.41, 5.74) is -0.411. The molecule has 0 saturated heterocycles. The highest BCUT2D eigenvalue weighted by atomic mass is 32.2. The summed E-state index contributed by atoms with van der Waals surface area (Å²) in [4.78, 5) is 27.3. The van der Waals surface area contributed by atoms with Crippen molar-refractivity contribution in [3.63, 3.8) is 0 Å². The van der Waals surface area contributed by atoms with Gasteiger partial charge in [-0.25, -0.2) is 8.42 Å². The lowest BCUT2D eigenvalue weighted by Crippen LogP contribution is -2.41. The standard InChI is InChI=1S/C21H29N3O5S/c1-3-23(4-2)30(27,28)19-11-12-20(25)22(15-19)16-21(26)24(17-8-5-6-9-17)14-18-10-7-13-29-18/h7,10-13,15,17H,3-6,8-9,14,16H2,1-2H3. The molecule has 0 aromatic carbocycles. The molecule has 1 aliphatic carbocycles. The van der Waals surface area contributed by atoms with Crippen LogP contribution in [0.5, 0.6) is 0 Å². The Morgan fingerprint density at radius 1 is 1.17 bits per heavy atom. The Morgan fingerprint density at radius 3 is 2.47 bits per heavy atom. The second kappa shape index (κ2) is 9.61. The molecule has 0 atom stereocenters. The number of pyridine rings is 1. The van der Waals surface area contributed by atoms with Crippen LogP contribution in [0, 0.1) is 0 Å². The fourth-order valence-electron chi connectivity index (χ4n) is 3.94. The zero-order valence-corrected chi connectivity index (χ0v) is 18.3. The molecule has 0 unspecified atom stereocenters. The van der Waals surface area contributed by atoms with Crippen molar-refractivity contribution in [3.8, 4) is 0 Å². The minimum absolute atomic E-state index is 0.0112. The fourth-order valence-corrected chi connectivity index (χ4v) is 5.42. The van der Waals surface area contributed by atoms with Crippen LogP contribution in [0.1, 0.15) is 45.3 Å². The van der Waals surface area contributed by atoms with Gasteiger partial charge in [-0.1, -0.05) is 26.7 Å². The predicted molar refractivity (Wildman–Crippen MR) is 112 cm³/mol. The van der Waals surface area contributed by atoms with Crippen molar-refractivity contribution in [3.05, 3.63) is 52.8 Å². The van der Waals surface area contributed by atoms with E-state index >= 15 is 0 Å². The van der Waals surface area contributed by atoms with E-state index in [1.54, 1.807) is 31.1 Å². The van der Waals surface area contributed by atoms with Crippen LogP contribution in [0.25, 0.3) is 0 Å². The van der Waals surface area contributed by atoms with Crippen molar-refractivity contribution < 1.29 is 17.6 Å². The molecule has 2 aromatic rings. The van der Waals surface area contributed by atoms with Gasteiger partial charge in [-0.3, -0.25) is 9.59 Å². The summed E-state index contributed by atoms with van der Waals surface area (Å²) in [6.45, 7) is 4.30. The van der Waals surface area contributed by atoms with Crippen LogP contribution in [-0.4, -0.2) is 47.2 Å². The van der Waals surface area contributed by atoms with Crippen molar-refractivity contribution in [2.75, 3.05) is 13.1 Å². The third-order valence-electron chi connectivity index (χ3n) is 5.60. The SMILES string of the molecule is CCN(CC)S(=O)(=O)c1ccc(=O)n(CC(=O)N(Cc2ccco2)C2CCCC2)c1. The first-order valence-corrected chi connectivity index (χ1v) is 11.8. The van der Waals surface area contributed by atoms with Crippen LogP contribution in [0.4, 0.5) is 0 Å². The van der Waals surface area contributed by atoms with E-state index in [9.17, 15) is 18.0 Å². The monoisotopic (exact) mass is 435 g/mol. The number of sulfonamides is 1.